The second-order valence-electron chi connectivity index (χ2n) is 16.4. The lowest BCUT2D eigenvalue weighted by molar-refractivity contribution is -0.141. The SMILES string of the molecule is Cc1ncsc1-c1ccc([C@H](C)NC(=O)[C@@H]2C[C@@H](O)CN2C(=O)[C@@H](c2cc(N3CC4(C3)CN(c3ccc5nnc(-c6ccccc6O)cc5n3)C4)no2)C(C)C)cc1. The molecule has 3 fully saturated rings. The van der Waals surface area contributed by atoms with Gasteiger partial charge in [0.15, 0.2) is 11.6 Å². The minimum Gasteiger partial charge on any atom is -0.507 e. The minimum atomic E-state index is -0.811. The Kier molecular flexibility index (Phi) is 9.59. The molecule has 14 nitrogen and oxygen atoms in total. The number of aryl methyl sites for hydroxylation is 1. The van der Waals surface area contributed by atoms with Gasteiger partial charge < -0.3 is 34.8 Å². The summed E-state index contributed by atoms with van der Waals surface area (Å²) < 4.78 is 5.86. The number of aliphatic hydroxyl groups excluding tert-OH is 1. The first kappa shape index (κ1) is 37.6. The second-order valence-corrected chi connectivity index (χ2v) is 17.2. The maximum absolute atomic E-state index is 14.3. The third-order valence-electron chi connectivity index (χ3n) is 11.8. The molecule has 298 valence electrons. The van der Waals surface area contributed by atoms with Crippen molar-refractivity contribution < 1.29 is 24.3 Å². The van der Waals surface area contributed by atoms with Crippen LogP contribution in [0.5, 0.6) is 5.75 Å². The lowest BCUT2D eigenvalue weighted by Gasteiger charge is -2.60. The molecule has 4 aromatic heterocycles. The Hall–Kier alpha value is -5.93. The Morgan fingerprint density at radius 1 is 0.931 bits per heavy atom. The predicted octanol–water partition coefficient (Wildman–Crippen LogP) is 5.72. The largest absolute Gasteiger partial charge is 0.507 e. The molecule has 1 spiro atoms. The molecule has 3 aliphatic rings. The van der Waals surface area contributed by atoms with E-state index in [-0.39, 0.29) is 47.9 Å². The number of aromatic hydroxyl groups is 1. The Bertz CT molecular complexity index is 2490. The van der Waals surface area contributed by atoms with Gasteiger partial charge >= 0.3 is 0 Å². The number of pyridine rings is 1. The molecule has 2 aromatic carbocycles. The number of amides is 2. The van der Waals surface area contributed by atoms with E-state index in [1.807, 2.05) is 87.8 Å². The van der Waals surface area contributed by atoms with Crippen LogP contribution in [0.4, 0.5) is 11.6 Å². The van der Waals surface area contributed by atoms with E-state index in [0.29, 0.717) is 33.9 Å². The van der Waals surface area contributed by atoms with Crippen LogP contribution in [0.25, 0.3) is 32.7 Å². The van der Waals surface area contributed by atoms with E-state index in [0.717, 1.165) is 53.7 Å². The van der Waals surface area contributed by atoms with Crippen LogP contribution < -0.4 is 15.1 Å². The molecular formula is C43H45N9O5S. The molecule has 15 heteroatoms. The van der Waals surface area contributed by atoms with Gasteiger partial charge in [-0.25, -0.2) is 9.97 Å². The van der Waals surface area contributed by atoms with Gasteiger partial charge in [0.25, 0.3) is 0 Å². The summed E-state index contributed by atoms with van der Waals surface area (Å²) in [5.41, 5.74) is 7.48. The highest BCUT2D eigenvalue weighted by Gasteiger charge is 2.53. The van der Waals surface area contributed by atoms with E-state index >= 15 is 0 Å². The number of fused-ring (bicyclic) bond motifs is 1. The fourth-order valence-corrected chi connectivity index (χ4v) is 9.46. The molecule has 3 N–H and O–H groups in total. The van der Waals surface area contributed by atoms with E-state index in [1.54, 1.807) is 29.5 Å². The number of carbonyl (C=O) groups excluding carboxylic acids is 2. The summed E-state index contributed by atoms with van der Waals surface area (Å²) in [5, 5.41) is 37.1. The van der Waals surface area contributed by atoms with Crippen molar-refractivity contribution in [3.05, 3.63) is 95.3 Å². The number of hydrogen-bond acceptors (Lipinski definition) is 13. The summed E-state index contributed by atoms with van der Waals surface area (Å²) in [6, 6.07) is 21.6. The molecule has 9 rings (SSSR count). The molecule has 58 heavy (non-hydrogen) atoms. The average Bonchev–Trinajstić information content (AvgIpc) is 3.94. The normalized spacial score (nSPS) is 19.7. The average molecular weight is 800 g/mol. The number of nitrogens with one attached hydrogen (secondary N) is 1. The van der Waals surface area contributed by atoms with Crippen molar-refractivity contribution in [1.29, 1.82) is 0 Å². The number of carbonyl (C=O) groups is 2. The fourth-order valence-electron chi connectivity index (χ4n) is 8.65. The fraction of sp³-hybridized carbons (Fsp3) is 0.372. The van der Waals surface area contributed by atoms with Crippen LogP contribution in [0.2, 0.25) is 0 Å². The highest BCUT2D eigenvalue weighted by Crippen LogP contribution is 2.44. The molecule has 0 radical (unpaired) electrons. The number of phenols is 1. The van der Waals surface area contributed by atoms with Crippen LogP contribution in [0.1, 0.15) is 56.2 Å². The van der Waals surface area contributed by atoms with Gasteiger partial charge in [0, 0.05) is 56.2 Å². The molecule has 6 aromatic rings. The zero-order valence-corrected chi connectivity index (χ0v) is 33.6. The van der Waals surface area contributed by atoms with Gasteiger partial charge in [-0.3, -0.25) is 9.59 Å². The number of benzene rings is 2. The van der Waals surface area contributed by atoms with Gasteiger partial charge in [0.1, 0.15) is 29.0 Å². The van der Waals surface area contributed by atoms with Crippen molar-refractivity contribution in [2.24, 2.45) is 11.3 Å². The van der Waals surface area contributed by atoms with Gasteiger partial charge in [-0.05, 0) is 61.2 Å². The summed E-state index contributed by atoms with van der Waals surface area (Å²) in [5.74, 6) is 0.747. The molecule has 7 heterocycles. The molecule has 4 atom stereocenters. The van der Waals surface area contributed by atoms with Crippen LogP contribution >= 0.6 is 11.3 Å². The molecule has 0 bridgehead atoms. The van der Waals surface area contributed by atoms with E-state index in [2.05, 4.69) is 35.5 Å². The van der Waals surface area contributed by atoms with Crippen molar-refractivity contribution in [3.8, 4) is 27.4 Å². The third kappa shape index (κ3) is 6.91. The number of aliphatic hydroxyl groups is 1. The Morgan fingerprint density at radius 2 is 1.67 bits per heavy atom. The van der Waals surface area contributed by atoms with E-state index in [4.69, 9.17) is 9.51 Å². The monoisotopic (exact) mass is 799 g/mol. The molecule has 3 saturated heterocycles. The van der Waals surface area contributed by atoms with Crippen LogP contribution in [0.15, 0.2) is 82.8 Å². The molecule has 2 amide bonds. The lowest BCUT2D eigenvalue weighted by atomic mass is 9.73. The number of thiazole rings is 1. The van der Waals surface area contributed by atoms with Crippen molar-refractivity contribution in [2.75, 3.05) is 42.5 Å². The summed E-state index contributed by atoms with van der Waals surface area (Å²) in [4.78, 5) is 44.2. The predicted molar refractivity (Wildman–Crippen MR) is 220 cm³/mol. The zero-order chi connectivity index (χ0) is 40.3. The van der Waals surface area contributed by atoms with Gasteiger partial charge in [0.2, 0.25) is 11.8 Å². The number of aromatic nitrogens is 5. The number of nitrogens with zero attached hydrogens (tertiary/aromatic N) is 8. The van der Waals surface area contributed by atoms with Gasteiger partial charge in [-0.1, -0.05) is 55.4 Å². The lowest BCUT2D eigenvalue weighted by Crippen LogP contribution is -2.72. The van der Waals surface area contributed by atoms with Gasteiger partial charge in [-0.15, -0.1) is 21.5 Å². The highest BCUT2D eigenvalue weighted by molar-refractivity contribution is 7.13. The minimum absolute atomic E-state index is 0.0702. The van der Waals surface area contributed by atoms with Crippen LogP contribution in [-0.2, 0) is 9.59 Å². The van der Waals surface area contributed by atoms with Crippen molar-refractivity contribution in [3.63, 3.8) is 0 Å². The molecule has 0 unspecified atom stereocenters. The van der Waals surface area contributed by atoms with E-state index < -0.39 is 18.1 Å². The summed E-state index contributed by atoms with van der Waals surface area (Å²) in [6.45, 7) is 11.1. The quantitative estimate of drug-likeness (QED) is 0.154. The summed E-state index contributed by atoms with van der Waals surface area (Å²) in [6.07, 6.45) is -0.649. The van der Waals surface area contributed by atoms with Crippen molar-refractivity contribution in [2.45, 2.75) is 58.2 Å². The van der Waals surface area contributed by atoms with Crippen molar-refractivity contribution >= 4 is 45.8 Å². The first-order valence-electron chi connectivity index (χ1n) is 19.6. The molecular weight excluding hydrogens is 755 g/mol. The molecule has 0 saturated carbocycles. The number of rotatable bonds is 10. The maximum Gasteiger partial charge on any atom is 0.243 e. The van der Waals surface area contributed by atoms with Gasteiger partial charge in [0.05, 0.1) is 39.4 Å². The third-order valence-corrected chi connectivity index (χ3v) is 12.7. The number of phenolic OH excluding ortho intramolecular Hbond substituents is 1. The Morgan fingerprint density at radius 3 is 2.38 bits per heavy atom. The smallest absolute Gasteiger partial charge is 0.243 e. The van der Waals surface area contributed by atoms with Crippen LogP contribution in [-0.4, -0.2) is 97.1 Å². The standard InChI is InChI=1S/C43H45N9O5S/c1-24(2)39(42(56)52-18-29(53)15-34(52)41(55)45-25(3)27-9-11-28(12-10-27)40-26(4)44-23-58-40)36-17-38(49-57-36)51-21-43(22-51)19-50(20-43)37-14-13-31-33(46-37)16-32(48-47-31)30-7-5-6-8-35(30)54/h5-14,16-17,23-25,29,34,39,53-54H,15,18-22H2,1-4H3,(H,45,55)/t25-,29+,34-,39+/m0/s1. The van der Waals surface area contributed by atoms with E-state index in [9.17, 15) is 19.8 Å². The summed E-state index contributed by atoms with van der Waals surface area (Å²) >= 11 is 1.59. The maximum atomic E-state index is 14.3. The number of hydrogen-bond donors (Lipinski definition) is 3. The first-order chi connectivity index (χ1) is 27.9. The van der Waals surface area contributed by atoms with E-state index in [1.165, 1.54) is 4.90 Å². The van der Waals surface area contributed by atoms with Crippen molar-refractivity contribution in [1.82, 2.24) is 35.5 Å². The first-order valence-corrected chi connectivity index (χ1v) is 20.5. The van der Waals surface area contributed by atoms with Crippen LogP contribution in [0, 0.1) is 18.3 Å². The molecule has 3 aliphatic heterocycles. The Balaban J connectivity index is 0.825. The number of β-amino-alcohol motifs (C(OH)–C–C–N with tert-alkyl or cyclic N) is 1. The summed E-state index contributed by atoms with van der Waals surface area (Å²) in [7, 11) is 0. The van der Waals surface area contributed by atoms with Gasteiger partial charge in [-0.2, -0.15) is 0 Å². The number of anilines is 2. The zero-order valence-electron chi connectivity index (χ0n) is 32.7. The Labute approximate surface area is 339 Å². The topological polar surface area (TPSA) is 174 Å². The number of para-hydroxylation sites is 1. The second kappa shape index (κ2) is 14.8. The molecule has 0 aliphatic carbocycles. The van der Waals surface area contributed by atoms with Crippen LogP contribution in [0.3, 0.4) is 0 Å². The highest BCUT2D eigenvalue weighted by atomic mass is 32.1. The number of likely N-dealkylation sites (tertiary alicyclic amines) is 1.